The van der Waals surface area contributed by atoms with Crippen LogP contribution in [0.15, 0.2) is 18.2 Å². The standard InChI is InChI=1S/C13H18N4O/c1-3-17(4-2)13(18)9-16-12-6-5-11(15)7-10(12)8-14/h5-7,16H,3-4,9,15H2,1-2H3. The maximum absolute atomic E-state index is 11.8. The molecule has 0 aliphatic heterocycles. The molecule has 0 bridgehead atoms. The van der Waals surface area contributed by atoms with Gasteiger partial charge in [-0.05, 0) is 32.0 Å². The van der Waals surface area contributed by atoms with Gasteiger partial charge in [0.15, 0.2) is 0 Å². The molecule has 0 radical (unpaired) electrons. The average molecular weight is 246 g/mol. The van der Waals surface area contributed by atoms with Gasteiger partial charge in [0.1, 0.15) is 6.07 Å². The molecular weight excluding hydrogens is 228 g/mol. The normalized spacial score (nSPS) is 9.61. The molecule has 0 atom stereocenters. The number of anilines is 2. The molecule has 0 spiro atoms. The summed E-state index contributed by atoms with van der Waals surface area (Å²) in [5.41, 5.74) is 7.21. The maximum Gasteiger partial charge on any atom is 0.241 e. The van der Waals surface area contributed by atoms with Crippen molar-refractivity contribution in [1.82, 2.24) is 4.90 Å². The Hall–Kier alpha value is -2.22. The lowest BCUT2D eigenvalue weighted by Crippen LogP contribution is -2.35. The number of carbonyl (C=O) groups is 1. The minimum Gasteiger partial charge on any atom is -0.399 e. The van der Waals surface area contributed by atoms with Crippen molar-refractivity contribution in [2.45, 2.75) is 13.8 Å². The van der Waals surface area contributed by atoms with Crippen molar-refractivity contribution >= 4 is 17.3 Å². The third kappa shape index (κ3) is 3.39. The summed E-state index contributed by atoms with van der Waals surface area (Å²) in [4.78, 5) is 13.5. The van der Waals surface area contributed by atoms with E-state index in [1.54, 1.807) is 23.1 Å². The van der Waals surface area contributed by atoms with E-state index in [-0.39, 0.29) is 12.5 Å². The molecule has 5 nitrogen and oxygen atoms in total. The number of rotatable bonds is 5. The summed E-state index contributed by atoms with van der Waals surface area (Å²) in [7, 11) is 0. The van der Waals surface area contributed by atoms with Gasteiger partial charge in [0, 0.05) is 18.8 Å². The van der Waals surface area contributed by atoms with E-state index in [1.165, 1.54) is 0 Å². The molecule has 0 fully saturated rings. The van der Waals surface area contributed by atoms with E-state index in [9.17, 15) is 4.79 Å². The number of amides is 1. The van der Waals surface area contributed by atoms with Crippen LogP contribution in [0.3, 0.4) is 0 Å². The lowest BCUT2D eigenvalue weighted by Gasteiger charge is -2.19. The highest BCUT2D eigenvalue weighted by Crippen LogP contribution is 2.17. The van der Waals surface area contributed by atoms with E-state index in [4.69, 9.17) is 11.0 Å². The molecule has 1 aromatic carbocycles. The Bertz CT molecular complexity index is 461. The van der Waals surface area contributed by atoms with Crippen LogP contribution in [0.4, 0.5) is 11.4 Å². The summed E-state index contributed by atoms with van der Waals surface area (Å²) >= 11 is 0. The van der Waals surface area contributed by atoms with Crippen molar-refractivity contribution in [3.8, 4) is 6.07 Å². The van der Waals surface area contributed by atoms with Crippen molar-refractivity contribution in [3.63, 3.8) is 0 Å². The summed E-state index contributed by atoms with van der Waals surface area (Å²) in [6, 6.07) is 7.05. The van der Waals surface area contributed by atoms with Gasteiger partial charge >= 0.3 is 0 Å². The van der Waals surface area contributed by atoms with E-state index >= 15 is 0 Å². The van der Waals surface area contributed by atoms with E-state index in [0.717, 1.165) is 0 Å². The average Bonchev–Trinajstić information content (AvgIpc) is 2.38. The number of nitrogen functional groups attached to an aromatic ring is 1. The van der Waals surface area contributed by atoms with Crippen molar-refractivity contribution in [2.24, 2.45) is 0 Å². The number of nitrogens with zero attached hydrogens (tertiary/aromatic N) is 2. The topological polar surface area (TPSA) is 82.2 Å². The second-order valence-corrected chi connectivity index (χ2v) is 3.84. The van der Waals surface area contributed by atoms with Gasteiger partial charge < -0.3 is 16.0 Å². The Morgan fingerprint density at radius 2 is 2.11 bits per heavy atom. The number of benzene rings is 1. The Kier molecular flexibility index (Phi) is 5.00. The lowest BCUT2D eigenvalue weighted by molar-refractivity contribution is -0.128. The lowest BCUT2D eigenvalue weighted by atomic mass is 10.1. The van der Waals surface area contributed by atoms with Crippen molar-refractivity contribution in [2.75, 3.05) is 30.7 Å². The van der Waals surface area contributed by atoms with Crippen molar-refractivity contribution in [1.29, 1.82) is 5.26 Å². The highest BCUT2D eigenvalue weighted by atomic mass is 16.2. The van der Waals surface area contributed by atoms with Crippen LogP contribution in [-0.2, 0) is 4.79 Å². The van der Waals surface area contributed by atoms with Crippen LogP contribution < -0.4 is 11.1 Å². The van der Waals surface area contributed by atoms with Crippen LogP contribution in [0.2, 0.25) is 0 Å². The van der Waals surface area contributed by atoms with Crippen LogP contribution in [0.25, 0.3) is 0 Å². The molecule has 1 rings (SSSR count). The zero-order valence-electron chi connectivity index (χ0n) is 10.7. The Balaban J connectivity index is 2.70. The number of nitrogens with one attached hydrogen (secondary N) is 1. The molecule has 5 heteroatoms. The first-order valence-corrected chi connectivity index (χ1v) is 5.93. The molecule has 0 aliphatic carbocycles. The highest BCUT2D eigenvalue weighted by Gasteiger charge is 2.10. The number of carbonyl (C=O) groups excluding carboxylic acids is 1. The molecule has 0 aliphatic rings. The first-order valence-electron chi connectivity index (χ1n) is 5.93. The fourth-order valence-electron chi connectivity index (χ4n) is 1.67. The molecule has 0 saturated heterocycles. The second kappa shape index (κ2) is 6.50. The fraction of sp³-hybridized carbons (Fsp3) is 0.385. The molecular formula is C13H18N4O. The molecule has 96 valence electrons. The van der Waals surface area contributed by atoms with Crippen LogP contribution in [-0.4, -0.2) is 30.4 Å². The number of likely N-dealkylation sites (N-methyl/N-ethyl adjacent to an activating group) is 1. The summed E-state index contributed by atoms with van der Waals surface area (Å²) < 4.78 is 0. The smallest absolute Gasteiger partial charge is 0.241 e. The van der Waals surface area contributed by atoms with Crippen LogP contribution in [0.1, 0.15) is 19.4 Å². The van der Waals surface area contributed by atoms with Gasteiger partial charge in [-0.3, -0.25) is 4.79 Å². The molecule has 0 aromatic heterocycles. The van der Waals surface area contributed by atoms with E-state index in [1.807, 2.05) is 19.9 Å². The van der Waals surface area contributed by atoms with Gasteiger partial charge in [0.25, 0.3) is 0 Å². The molecule has 1 aromatic rings. The zero-order chi connectivity index (χ0) is 13.5. The Labute approximate surface area is 107 Å². The van der Waals surface area contributed by atoms with E-state index in [0.29, 0.717) is 30.0 Å². The number of nitrogens with two attached hydrogens (primary N) is 1. The third-order valence-electron chi connectivity index (χ3n) is 2.71. The molecule has 1 amide bonds. The van der Waals surface area contributed by atoms with Gasteiger partial charge in [-0.2, -0.15) is 5.26 Å². The van der Waals surface area contributed by atoms with Crippen LogP contribution in [0, 0.1) is 11.3 Å². The molecule has 18 heavy (non-hydrogen) atoms. The first kappa shape index (κ1) is 13.8. The van der Waals surface area contributed by atoms with Crippen molar-refractivity contribution in [3.05, 3.63) is 23.8 Å². The summed E-state index contributed by atoms with van der Waals surface area (Å²) in [5.74, 6) is 0.0146. The minimum absolute atomic E-state index is 0.0146. The van der Waals surface area contributed by atoms with E-state index < -0.39 is 0 Å². The largest absolute Gasteiger partial charge is 0.399 e. The molecule has 0 saturated carbocycles. The van der Waals surface area contributed by atoms with Crippen LogP contribution in [0.5, 0.6) is 0 Å². The quantitative estimate of drug-likeness (QED) is 0.770. The molecule has 3 N–H and O–H groups in total. The summed E-state index contributed by atoms with van der Waals surface area (Å²) in [6.07, 6.45) is 0. The van der Waals surface area contributed by atoms with Crippen LogP contribution >= 0.6 is 0 Å². The summed E-state index contributed by atoms with van der Waals surface area (Å²) in [5, 5.41) is 11.9. The first-order chi connectivity index (χ1) is 8.62. The van der Waals surface area contributed by atoms with Gasteiger partial charge in [0.2, 0.25) is 5.91 Å². The highest BCUT2D eigenvalue weighted by molar-refractivity contribution is 5.81. The second-order valence-electron chi connectivity index (χ2n) is 3.84. The number of nitriles is 1. The summed E-state index contributed by atoms with van der Waals surface area (Å²) in [6.45, 7) is 5.42. The fourth-order valence-corrected chi connectivity index (χ4v) is 1.67. The zero-order valence-corrected chi connectivity index (χ0v) is 10.7. The van der Waals surface area contributed by atoms with Gasteiger partial charge in [-0.15, -0.1) is 0 Å². The Morgan fingerprint density at radius 1 is 1.44 bits per heavy atom. The molecule has 0 unspecified atom stereocenters. The van der Waals surface area contributed by atoms with E-state index in [2.05, 4.69) is 5.32 Å². The monoisotopic (exact) mass is 246 g/mol. The predicted octanol–water partition coefficient (Wildman–Crippen LogP) is 1.42. The Morgan fingerprint density at radius 3 is 2.67 bits per heavy atom. The van der Waals surface area contributed by atoms with Gasteiger partial charge in [0.05, 0.1) is 17.8 Å². The van der Waals surface area contributed by atoms with Gasteiger partial charge in [-0.25, -0.2) is 0 Å². The van der Waals surface area contributed by atoms with Crippen molar-refractivity contribution < 1.29 is 4.79 Å². The predicted molar refractivity (Wildman–Crippen MR) is 72.0 cm³/mol. The van der Waals surface area contributed by atoms with Gasteiger partial charge in [-0.1, -0.05) is 0 Å². The third-order valence-corrected chi connectivity index (χ3v) is 2.71. The number of hydrogen-bond donors (Lipinski definition) is 2. The maximum atomic E-state index is 11.8. The number of hydrogen-bond acceptors (Lipinski definition) is 4. The minimum atomic E-state index is 0.0146. The SMILES string of the molecule is CCN(CC)C(=O)CNc1ccc(N)cc1C#N. The molecule has 0 heterocycles.